The number of likely N-dealkylation sites (N-methyl/N-ethyl adjacent to an activating group) is 1. The first-order valence-corrected chi connectivity index (χ1v) is 9.00. The third kappa shape index (κ3) is 2.72. The number of nitrogens with zero attached hydrogens (tertiary/aromatic N) is 5. The van der Waals surface area contributed by atoms with E-state index in [1.807, 2.05) is 0 Å². The van der Waals surface area contributed by atoms with Gasteiger partial charge in [0.05, 0.1) is 24.6 Å². The van der Waals surface area contributed by atoms with E-state index in [2.05, 4.69) is 27.8 Å². The molecule has 3 aliphatic rings. The molecule has 0 N–H and O–H groups in total. The Bertz CT molecular complexity index is 656. The highest BCUT2D eigenvalue weighted by atomic mass is 16.5. The summed E-state index contributed by atoms with van der Waals surface area (Å²) in [7, 11) is 2.15. The van der Waals surface area contributed by atoms with E-state index in [1.54, 1.807) is 0 Å². The van der Waals surface area contributed by atoms with Gasteiger partial charge in [0.2, 0.25) is 0 Å². The third-order valence-electron chi connectivity index (χ3n) is 5.34. The van der Waals surface area contributed by atoms with Gasteiger partial charge in [0.15, 0.2) is 0 Å². The summed E-state index contributed by atoms with van der Waals surface area (Å²) in [5.41, 5.74) is 4.36. The highest BCUT2D eigenvalue weighted by Crippen LogP contribution is 2.37. The standard InChI is InChI=1S/C18H25N5O/c1-21-7-4-14-16(13-21)20-18(23-5-2-3-6-23)15(12-19)17(14)22-8-10-24-11-9-22/h2-11,13H2,1H3. The number of hydrogen-bond donors (Lipinski definition) is 0. The Morgan fingerprint density at radius 1 is 1.04 bits per heavy atom. The quantitative estimate of drug-likeness (QED) is 0.818. The van der Waals surface area contributed by atoms with Crippen LogP contribution in [0.5, 0.6) is 0 Å². The van der Waals surface area contributed by atoms with Crippen LogP contribution in [-0.4, -0.2) is 62.9 Å². The van der Waals surface area contributed by atoms with Crippen molar-refractivity contribution in [3.63, 3.8) is 0 Å². The van der Waals surface area contributed by atoms with Gasteiger partial charge in [-0.05, 0) is 26.3 Å². The molecule has 4 rings (SSSR count). The Morgan fingerprint density at radius 3 is 2.50 bits per heavy atom. The van der Waals surface area contributed by atoms with Gasteiger partial charge in [-0.1, -0.05) is 0 Å². The van der Waals surface area contributed by atoms with Crippen LogP contribution < -0.4 is 9.80 Å². The van der Waals surface area contributed by atoms with Gasteiger partial charge in [0.1, 0.15) is 17.5 Å². The molecule has 4 heterocycles. The minimum Gasteiger partial charge on any atom is -0.378 e. The molecule has 1 aromatic rings. The van der Waals surface area contributed by atoms with E-state index in [0.717, 1.165) is 81.7 Å². The number of rotatable bonds is 2. The monoisotopic (exact) mass is 327 g/mol. The molecule has 1 aromatic heterocycles. The molecule has 0 saturated carbocycles. The number of aromatic nitrogens is 1. The average Bonchev–Trinajstić information content (AvgIpc) is 3.15. The molecular formula is C18H25N5O. The van der Waals surface area contributed by atoms with Gasteiger partial charge >= 0.3 is 0 Å². The van der Waals surface area contributed by atoms with Crippen LogP contribution in [0, 0.1) is 11.3 Å². The smallest absolute Gasteiger partial charge is 0.149 e. The van der Waals surface area contributed by atoms with E-state index in [1.165, 1.54) is 18.4 Å². The third-order valence-corrected chi connectivity index (χ3v) is 5.34. The molecule has 2 saturated heterocycles. The summed E-state index contributed by atoms with van der Waals surface area (Å²) in [6.07, 6.45) is 3.35. The van der Waals surface area contributed by atoms with Crippen molar-refractivity contribution in [1.82, 2.24) is 9.88 Å². The summed E-state index contributed by atoms with van der Waals surface area (Å²) < 4.78 is 5.53. The second-order valence-corrected chi connectivity index (χ2v) is 6.98. The fourth-order valence-corrected chi connectivity index (χ4v) is 4.07. The lowest BCUT2D eigenvalue weighted by Gasteiger charge is -2.36. The van der Waals surface area contributed by atoms with Gasteiger partial charge in [-0.25, -0.2) is 4.98 Å². The van der Waals surface area contributed by atoms with Crippen LogP contribution in [0.15, 0.2) is 0 Å². The van der Waals surface area contributed by atoms with Crippen LogP contribution in [0.2, 0.25) is 0 Å². The SMILES string of the molecule is CN1CCc2c(nc(N3CCCC3)c(C#N)c2N2CCOCC2)C1. The molecule has 3 aliphatic heterocycles. The first-order valence-electron chi connectivity index (χ1n) is 9.00. The van der Waals surface area contributed by atoms with E-state index >= 15 is 0 Å². The summed E-state index contributed by atoms with van der Waals surface area (Å²) >= 11 is 0. The van der Waals surface area contributed by atoms with E-state index in [4.69, 9.17) is 9.72 Å². The highest BCUT2D eigenvalue weighted by molar-refractivity contribution is 5.75. The predicted octanol–water partition coefficient (Wildman–Crippen LogP) is 1.38. The number of ether oxygens (including phenoxy) is 1. The van der Waals surface area contributed by atoms with Crippen LogP contribution in [0.25, 0.3) is 0 Å². The summed E-state index contributed by atoms with van der Waals surface area (Å²) in [6.45, 7) is 7.12. The van der Waals surface area contributed by atoms with E-state index in [-0.39, 0.29) is 0 Å². The van der Waals surface area contributed by atoms with Crippen molar-refractivity contribution in [1.29, 1.82) is 5.26 Å². The topological polar surface area (TPSA) is 55.6 Å². The Hall–Kier alpha value is -1.84. The molecule has 0 aromatic carbocycles. The van der Waals surface area contributed by atoms with Crippen molar-refractivity contribution >= 4 is 11.5 Å². The Morgan fingerprint density at radius 2 is 1.79 bits per heavy atom. The fourth-order valence-electron chi connectivity index (χ4n) is 4.07. The second-order valence-electron chi connectivity index (χ2n) is 6.98. The van der Waals surface area contributed by atoms with E-state index < -0.39 is 0 Å². The molecular weight excluding hydrogens is 302 g/mol. The molecule has 0 spiro atoms. The number of hydrogen-bond acceptors (Lipinski definition) is 6. The summed E-state index contributed by atoms with van der Waals surface area (Å²) in [5, 5.41) is 9.96. The van der Waals surface area contributed by atoms with Crippen LogP contribution in [0.3, 0.4) is 0 Å². The highest BCUT2D eigenvalue weighted by Gasteiger charge is 2.30. The maximum absolute atomic E-state index is 9.96. The normalized spacial score (nSPS) is 21.7. The molecule has 0 aliphatic carbocycles. The Labute approximate surface area is 143 Å². The molecule has 2 fully saturated rings. The second kappa shape index (κ2) is 6.58. The summed E-state index contributed by atoms with van der Waals surface area (Å²) in [4.78, 5) is 12.0. The first kappa shape index (κ1) is 15.7. The van der Waals surface area contributed by atoms with Gasteiger partial charge in [-0.15, -0.1) is 0 Å². The fraction of sp³-hybridized carbons (Fsp3) is 0.667. The average molecular weight is 327 g/mol. The van der Waals surface area contributed by atoms with Crippen LogP contribution in [0.4, 0.5) is 11.5 Å². The number of nitriles is 1. The number of morpholine rings is 1. The van der Waals surface area contributed by atoms with Gasteiger partial charge in [-0.3, -0.25) is 0 Å². The first-order chi connectivity index (χ1) is 11.8. The van der Waals surface area contributed by atoms with Crippen molar-refractivity contribution in [2.45, 2.75) is 25.8 Å². The maximum atomic E-state index is 9.96. The van der Waals surface area contributed by atoms with Crippen molar-refractivity contribution in [3.05, 3.63) is 16.8 Å². The lowest BCUT2D eigenvalue weighted by molar-refractivity contribution is 0.122. The van der Waals surface area contributed by atoms with E-state index in [0.29, 0.717) is 0 Å². The molecule has 0 atom stereocenters. The zero-order chi connectivity index (χ0) is 16.5. The summed E-state index contributed by atoms with van der Waals surface area (Å²) in [6, 6.07) is 2.50. The molecule has 6 nitrogen and oxygen atoms in total. The summed E-state index contributed by atoms with van der Waals surface area (Å²) in [5.74, 6) is 0.908. The van der Waals surface area contributed by atoms with E-state index in [9.17, 15) is 5.26 Å². The van der Waals surface area contributed by atoms with Crippen molar-refractivity contribution in [2.24, 2.45) is 0 Å². The van der Waals surface area contributed by atoms with Gasteiger partial charge in [0, 0.05) is 44.8 Å². The van der Waals surface area contributed by atoms with Crippen molar-refractivity contribution < 1.29 is 4.74 Å². The Balaban J connectivity index is 1.86. The zero-order valence-corrected chi connectivity index (χ0v) is 14.4. The van der Waals surface area contributed by atoms with Crippen molar-refractivity contribution in [3.8, 4) is 6.07 Å². The van der Waals surface area contributed by atoms with Gasteiger partial charge < -0.3 is 19.4 Å². The van der Waals surface area contributed by atoms with Gasteiger partial charge in [0.25, 0.3) is 0 Å². The van der Waals surface area contributed by atoms with Crippen molar-refractivity contribution in [2.75, 3.05) is 62.8 Å². The largest absolute Gasteiger partial charge is 0.378 e. The van der Waals surface area contributed by atoms with Crippen LogP contribution in [0.1, 0.15) is 29.7 Å². The van der Waals surface area contributed by atoms with Crippen LogP contribution in [-0.2, 0) is 17.7 Å². The minimum atomic E-state index is 0.737. The predicted molar refractivity (Wildman–Crippen MR) is 93.5 cm³/mol. The number of fused-ring (bicyclic) bond motifs is 1. The molecule has 128 valence electrons. The molecule has 0 radical (unpaired) electrons. The molecule has 6 heteroatoms. The van der Waals surface area contributed by atoms with Gasteiger partial charge in [-0.2, -0.15) is 5.26 Å². The molecule has 0 amide bonds. The molecule has 0 unspecified atom stereocenters. The lowest BCUT2D eigenvalue weighted by atomic mass is 9.98. The number of anilines is 2. The molecule has 24 heavy (non-hydrogen) atoms. The minimum absolute atomic E-state index is 0.737. The zero-order valence-electron chi connectivity index (χ0n) is 14.4. The maximum Gasteiger partial charge on any atom is 0.149 e. The number of pyridine rings is 1. The lowest BCUT2D eigenvalue weighted by Crippen LogP contribution is -2.39. The molecule has 0 bridgehead atoms. The van der Waals surface area contributed by atoms with Crippen LogP contribution >= 0.6 is 0 Å². The Kier molecular flexibility index (Phi) is 4.30.